The summed E-state index contributed by atoms with van der Waals surface area (Å²) in [4.78, 5) is 63.4. The van der Waals surface area contributed by atoms with Crippen LogP contribution in [0.25, 0.3) is 43.9 Å². The average molecular weight is 1280 g/mol. The summed E-state index contributed by atoms with van der Waals surface area (Å²) in [7, 11) is -1.55. The molecule has 3 aliphatic heterocycles. The predicted molar refractivity (Wildman–Crippen MR) is 339 cm³/mol. The number of sulfone groups is 1. The number of hydrogen-bond donors (Lipinski definition) is 3. The predicted octanol–water partition coefficient (Wildman–Crippen LogP) is 6.17. The van der Waals surface area contributed by atoms with Crippen LogP contribution in [0, 0.1) is 24.0 Å². The number of carbonyl (C=O) groups excluding carboxylic acids is 3. The number of nitrogens with one attached hydrogen (secondary N) is 2. The number of hydrogen-bond acceptors (Lipinski definition) is 19. The number of aryl methyl sites for hydroxylation is 1. The summed E-state index contributed by atoms with van der Waals surface area (Å²) in [5, 5.41) is 16.3. The number of nitrogens with zero attached hydrogens (tertiary/aromatic N) is 7. The summed E-state index contributed by atoms with van der Waals surface area (Å²) in [5.41, 5.74) is 7.03. The first-order chi connectivity index (χ1) is 43.3. The first-order valence-electron chi connectivity index (χ1n) is 30.6. The molecule has 9 rings (SSSR count). The molecule has 3 amide bonds. The molecular formula is C65H83F2N9O12S2. The number of aliphatic hydroxyl groups excluding tert-OH is 1. The normalized spacial score (nSPS) is 17.8. The van der Waals surface area contributed by atoms with Gasteiger partial charge in [0.25, 0.3) is 0 Å². The van der Waals surface area contributed by atoms with Crippen molar-refractivity contribution in [2.75, 3.05) is 137 Å². The van der Waals surface area contributed by atoms with E-state index in [0.29, 0.717) is 79.0 Å². The summed E-state index contributed by atoms with van der Waals surface area (Å²) in [6.45, 7) is 16.4. The van der Waals surface area contributed by atoms with Crippen LogP contribution in [0.2, 0.25) is 0 Å². The van der Waals surface area contributed by atoms with Gasteiger partial charge < -0.3 is 54.0 Å². The number of para-hydroxylation sites is 1. The molecule has 3 N–H and O–H groups in total. The Morgan fingerprint density at radius 2 is 1.42 bits per heavy atom. The van der Waals surface area contributed by atoms with Gasteiger partial charge in [0.15, 0.2) is 21.3 Å². The highest BCUT2D eigenvalue weighted by atomic mass is 32.2. The number of amides is 3. The van der Waals surface area contributed by atoms with Crippen LogP contribution in [-0.4, -0.2) is 221 Å². The fourth-order valence-electron chi connectivity index (χ4n) is 11.1. The lowest BCUT2D eigenvalue weighted by atomic mass is 9.85. The number of halogens is 2. The van der Waals surface area contributed by atoms with Crippen LogP contribution in [0.4, 0.5) is 8.78 Å². The Morgan fingerprint density at radius 1 is 0.767 bits per heavy atom. The number of likely N-dealkylation sites (tertiary alicyclic amines) is 1. The topological polar surface area (TPSA) is 237 Å². The third-order valence-corrected chi connectivity index (χ3v) is 18.8. The maximum Gasteiger partial charge on any atom is 0.246 e. The van der Waals surface area contributed by atoms with Crippen molar-refractivity contribution in [3.63, 3.8) is 0 Å². The van der Waals surface area contributed by atoms with Crippen molar-refractivity contribution in [3.05, 3.63) is 113 Å². The van der Waals surface area contributed by atoms with Gasteiger partial charge in [0.05, 0.1) is 117 Å². The zero-order valence-electron chi connectivity index (χ0n) is 51.9. The Labute approximate surface area is 529 Å². The fourth-order valence-corrected chi connectivity index (χ4v) is 13.2. The minimum absolute atomic E-state index is 0.0230. The molecule has 3 fully saturated rings. The number of methoxy groups -OCH3 is 1. The molecule has 0 saturated carbocycles. The number of β-amino-alcohol motifs (C(OH)–C–C–N with tert-alkyl or cyclic N) is 1. The first-order valence-corrected chi connectivity index (χ1v) is 33.3. The number of benzene rings is 4. The quantitative estimate of drug-likeness (QED) is 0.0427. The van der Waals surface area contributed by atoms with E-state index in [1.54, 1.807) is 47.7 Å². The van der Waals surface area contributed by atoms with E-state index in [4.69, 9.17) is 33.4 Å². The molecular weight excluding hydrogens is 1200 g/mol. The third kappa shape index (κ3) is 18.8. The van der Waals surface area contributed by atoms with Gasteiger partial charge in [0.2, 0.25) is 17.7 Å². The van der Waals surface area contributed by atoms with Crippen LogP contribution in [-0.2, 0) is 56.3 Å². The van der Waals surface area contributed by atoms with E-state index in [1.807, 2.05) is 75.7 Å². The molecule has 0 aliphatic carbocycles. The van der Waals surface area contributed by atoms with Gasteiger partial charge in [-0.05, 0) is 71.8 Å². The summed E-state index contributed by atoms with van der Waals surface area (Å²) in [6, 6.07) is 19.5. The molecule has 5 heterocycles. The number of aliphatic hydroxyl groups is 1. The lowest BCUT2D eigenvalue weighted by Gasteiger charge is -2.35. The van der Waals surface area contributed by atoms with Gasteiger partial charge in [-0.2, -0.15) is 0 Å². The van der Waals surface area contributed by atoms with Gasteiger partial charge in [0.1, 0.15) is 30.3 Å². The SMILES string of the molecule is COc1cc(-c2cnc3cccc(-c4cc(F)c(CN5CCS(=O)(=O)CC5)c(F)c4)c3n2)ccc1OCCCN1CCN(CCOCCOCCOCCOCC(=O)N[C@H](C(=O)N2C[C@H](O)C[C@H]2C(=O)NCc2ccc(-c3scnc3C)cc2)C(C)(C)C)CC1. The van der Waals surface area contributed by atoms with Gasteiger partial charge in [0, 0.05) is 95.1 Å². The number of ether oxygens (including phenoxy) is 6. The molecule has 0 radical (unpaired) electrons. The standard InChI is InChI=1S/C65H83F2N9O12S2/c1-44-61(89-43-70-44)46-12-10-45(11-13-46)38-69-63(79)56-37-49(77)40-76(56)64(80)62(65(2,3)4)72-59(78)42-87-31-30-86-29-28-85-27-26-84-25-21-74-19-17-73(18-20-74)16-7-24-88-57-15-14-47(36-58(57)83-5)55-39-68-54-9-6-8-50(60(54)71-55)48-34-52(66)51(53(67)35-48)41-75-22-32-90(81,82)33-23-75/h6,8-15,34-36,39,43,49,56,62,77H,7,16-33,37-38,40-42H2,1-5H3,(H,69,79)(H,72,78)/t49-,56+,62-/m1/s1. The van der Waals surface area contributed by atoms with Gasteiger partial charge in [-0.1, -0.05) is 57.2 Å². The number of thiazole rings is 1. The molecule has 25 heteroatoms. The molecule has 0 unspecified atom stereocenters. The monoisotopic (exact) mass is 1280 g/mol. The molecule has 90 heavy (non-hydrogen) atoms. The van der Waals surface area contributed by atoms with Gasteiger partial charge in [-0.3, -0.25) is 29.2 Å². The average Bonchev–Trinajstić information content (AvgIpc) is 0.970. The molecule has 486 valence electrons. The summed E-state index contributed by atoms with van der Waals surface area (Å²) >= 11 is 1.57. The largest absolute Gasteiger partial charge is 0.493 e. The maximum atomic E-state index is 15.5. The van der Waals surface area contributed by atoms with Crippen LogP contribution in [0.3, 0.4) is 0 Å². The molecule has 3 saturated heterocycles. The summed E-state index contributed by atoms with van der Waals surface area (Å²) in [6.07, 6.45) is 1.69. The van der Waals surface area contributed by atoms with Crippen molar-refractivity contribution in [2.24, 2.45) is 5.41 Å². The number of aromatic nitrogens is 3. The Morgan fingerprint density at radius 3 is 2.08 bits per heavy atom. The van der Waals surface area contributed by atoms with Crippen molar-refractivity contribution >= 4 is 49.9 Å². The summed E-state index contributed by atoms with van der Waals surface area (Å²) in [5.74, 6) is -1.67. The minimum atomic E-state index is -3.13. The minimum Gasteiger partial charge on any atom is -0.493 e. The van der Waals surface area contributed by atoms with Crippen LogP contribution in [0.5, 0.6) is 11.5 Å². The zero-order chi connectivity index (χ0) is 63.8. The third-order valence-electron chi connectivity index (χ3n) is 16.3. The molecule has 6 aromatic rings. The van der Waals surface area contributed by atoms with Crippen LogP contribution >= 0.6 is 11.3 Å². The lowest BCUT2D eigenvalue weighted by Crippen LogP contribution is -2.58. The van der Waals surface area contributed by atoms with Gasteiger partial charge in [-0.15, -0.1) is 11.3 Å². The number of fused-ring (bicyclic) bond motifs is 1. The zero-order valence-corrected chi connectivity index (χ0v) is 53.6. The molecule has 3 atom stereocenters. The van der Waals surface area contributed by atoms with E-state index in [2.05, 4.69) is 30.4 Å². The van der Waals surface area contributed by atoms with E-state index in [1.165, 1.54) is 17.0 Å². The molecule has 21 nitrogen and oxygen atoms in total. The van der Waals surface area contributed by atoms with Crippen molar-refractivity contribution < 1.29 is 65.1 Å². The second-order valence-electron chi connectivity index (χ2n) is 23.9. The van der Waals surface area contributed by atoms with Crippen molar-refractivity contribution in [2.45, 2.75) is 71.8 Å². The Hall–Kier alpha value is -6.65. The van der Waals surface area contributed by atoms with Crippen LogP contribution in [0.1, 0.15) is 50.4 Å². The number of piperazine rings is 1. The fraction of sp³-hybridized carbons (Fsp3) is 0.508. The Kier molecular flexibility index (Phi) is 24.1. The molecule has 3 aliphatic rings. The van der Waals surface area contributed by atoms with Crippen molar-refractivity contribution in [3.8, 4) is 44.3 Å². The number of carbonyl (C=O) groups is 3. The second-order valence-corrected chi connectivity index (χ2v) is 27.0. The van der Waals surface area contributed by atoms with Crippen molar-refractivity contribution in [1.29, 1.82) is 0 Å². The van der Waals surface area contributed by atoms with E-state index in [9.17, 15) is 27.9 Å². The highest BCUT2D eigenvalue weighted by Gasteiger charge is 2.44. The van der Waals surface area contributed by atoms with E-state index >= 15 is 8.78 Å². The van der Waals surface area contributed by atoms with Crippen molar-refractivity contribution in [1.82, 2.24) is 45.2 Å². The van der Waals surface area contributed by atoms with Crippen LogP contribution < -0.4 is 20.1 Å². The van der Waals surface area contributed by atoms with E-state index in [0.717, 1.165) is 73.0 Å². The molecule has 4 aromatic carbocycles. The maximum absolute atomic E-state index is 15.5. The first kappa shape index (κ1) is 67.7. The Balaban J connectivity index is 0.598. The Bertz CT molecular complexity index is 3460. The van der Waals surface area contributed by atoms with E-state index < -0.39 is 56.9 Å². The highest BCUT2D eigenvalue weighted by molar-refractivity contribution is 7.91. The second kappa shape index (κ2) is 32.1. The molecule has 0 spiro atoms. The van der Waals surface area contributed by atoms with Gasteiger partial charge >= 0.3 is 0 Å². The highest BCUT2D eigenvalue weighted by Crippen LogP contribution is 2.36. The molecule has 0 bridgehead atoms. The molecule has 2 aromatic heterocycles. The van der Waals surface area contributed by atoms with Gasteiger partial charge in [-0.25, -0.2) is 27.2 Å². The lowest BCUT2D eigenvalue weighted by molar-refractivity contribution is -0.144. The summed E-state index contributed by atoms with van der Waals surface area (Å²) < 4.78 is 89.4. The van der Waals surface area contributed by atoms with Crippen LogP contribution in [0.15, 0.2) is 84.5 Å². The smallest absolute Gasteiger partial charge is 0.246 e. The van der Waals surface area contributed by atoms with E-state index in [-0.39, 0.29) is 81.9 Å². The number of rotatable bonds is 30.